The van der Waals surface area contributed by atoms with Crippen molar-refractivity contribution in [2.45, 2.75) is 103 Å². The molecule has 16 nitrogen and oxygen atoms in total. The number of aromatic amines is 1. The van der Waals surface area contributed by atoms with Crippen molar-refractivity contribution in [3.05, 3.63) is 41.7 Å². The quantitative estimate of drug-likeness (QED) is 0.150. The second-order valence-electron chi connectivity index (χ2n) is 15.9. The molecule has 0 spiro atoms. The number of H-pyrrole nitrogens is 1. The van der Waals surface area contributed by atoms with Gasteiger partial charge in [0.15, 0.2) is 11.8 Å². The molecule has 3 heterocycles. The Hall–Kier alpha value is -4.15. The molecule has 1 aromatic carbocycles. The van der Waals surface area contributed by atoms with Gasteiger partial charge in [0.05, 0.1) is 42.7 Å². The number of carbonyl (C=O) groups excluding carboxylic acids is 3. The summed E-state index contributed by atoms with van der Waals surface area (Å²) in [5, 5.41) is 20.9. The van der Waals surface area contributed by atoms with E-state index in [9.17, 15) is 14.4 Å². The van der Waals surface area contributed by atoms with Crippen LogP contribution >= 0.6 is 0 Å². The first-order chi connectivity index (χ1) is 26.8. The van der Waals surface area contributed by atoms with Crippen LogP contribution in [-0.4, -0.2) is 162 Å². The average molecular weight is 782 g/mol. The number of likely N-dealkylation sites (tertiary alicyclic amines) is 1. The zero-order chi connectivity index (χ0) is 40.9. The summed E-state index contributed by atoms with van der Waals surface area (Å²) in [6.07, 6.45) is 1.71. The molecule has 2 fully saturated rings. The van der Waals surface area contributed by atoms with Crippen molar-refractivity contribution < 1.29 is 23.9 Å². The van der Waals surface area contributed by atoms with E-state index in [-0.39, 0.29) is 48.1 Å². The van der Waals surface area contributed by atoms with Gasteiger partial charge in [0, 0.05) is 74.5 Å². The van der Waals surface area contributed by atoms with Crippen LogP contribution in [0.4, 0.5) is 0 Å². The number of aromatic nitrogens is 4. The average Bonchev–Trinajstić information content (AvgIpc) is 3.92. The Balaban J connectivity index is 1.51. The molecule has 0 unspecified atom stereocenters. The predicted octanol–water partition coefficient (Wildman–Crippen LogP) is 2.37. The Bertz CT molecular complexity index is 1540. The highest BCUT2D eigenvalue weighted by Gasteiger charge is 2.43. The summed E-state index contributed by atoms with van der Waals surface area (Å²) in [5.74, 6) is 0.219. The first-order valence-corrected chi connectivity index (χ1v) is 20.2. The molecular weight excluding hydrogens is 715 g/mol. The first-order valence-electron chi connectivity index (χ1n) is 20.2. The number of aliphatic imine (C=N–C) groups is 1. The van der Waals surface area contributed by atoms with Crippen molar-refractivity contribution in [1.29, 1.82) is 0 Å². The highest BCUT2D eigenvalue weighted by molar-refractivity contribution is 5.88. The Morgan fingerprint density at radius 2 is 1.71 bits per heavy atom. The fourth-order valence-electron chi connectivity index (χ4n) is 8.16. The molecule has 2 saturated heterocycles. The van der Waals surface area contributed by atoms with E-state index >= 15 is 0 Å². The number of hydrogen-bond donors (Lipinski definition) is 3. The van der Waals surface area contributed by atoms with Gasteiger partial charge in [-0.3, -0.25) is 14.4 Å². The second kappa shape index (κ2) is 21.4. The molecule has 56 heavy (non-hydrogen) atoms. The lowest BCUT2D eigenvalue weighted by Gasteiger charge is -2.40. The standard InChI is InChI=1S/C40H67N11O5/c1-11-27(4)35(49(8)39(54)34(26(2)3)43-40(48(6)7)50-22-19-41-20-23-50)32(55-9)25-33(52)51-21-15-18-31(51)36(56-10)28(5)38(53)42-30(37-44-46-47-45-37)24-29-16-13-12-14-17-29/h12-14,16-17,26-28,30-32,34-36,41H,11,15,18-25H2,1-10H3,(H,42,53)(H,44,45,46,47)/b43-40-/t27-,28+,30-,31-,32+,34-,35-,36+/m0/s1. The molecule has 8 atom stereocenters. The molecule has 4 rings (SSSR count). The molecule has 2 aliphatic rings. The molecule has 3 N–H and O–H groups in total. The van der Waals surface area contributed by atoms with E-state index in [1.807, 2.05) is 82.0 Å². The maximum absolute atomic E-state index is 14.5. The number of piperazine rings is 1. The molecule has 0 radical (unpaired) electrons. The van der Waals surface area contributed by atoms with Crippen LogP contribution in [0, 0.1) is 17.8 Å². The van der Waals surface area contributed by atoms with E-state index < -0.39 is 30.2 Å². The van der Waals surface area contributed by atoms with Gasteiger partial charge in [-0.2, -0.15) is 0 Å². The fourth-order valence-corrected chi connectivity index (χ4v) is 8.16. The van der Waals surface area contributed by atoms with Crippen molar-refractivity contribution >= 4 is 23.7 Å². The zero-order valence-electron chi connectivity index (χ0n) is 35.3. The third-order valence-electron chi connectivity index (χ3n) is 11.5. The summed E-state index contributed by atoms with van der Waals surface area (Å²) < 4.78 is 12.1. The van der Waals surface area contributed by atoms with E-state index in [1.54, 1.807) is 19.1 Å². The van der Waals surface area contributed by atoms with Crippen LogP contribution in [0.1, 0.15) is 77.7 Å². The van der Waals surface area contributed by atoms with Crippen LogP contribution in [0.15, 0.2) is 35.3 Å². The molecular formula is C40H67N11O5. The summed E-state index contributed by atoms with van der Waals surface area (Å²) in [7, 11) is 8.95. The van der Waals surface area contributed by atoms with Crippen LogP contribution in [-0.2, 0) is 30.3 Å². The van der Waals surface area contributed by atoms with E-state index in [0.29, 0.717) is 25.2 Å². The first kappa shape index (κ1) is 44.6. The Morgan fingerprint density at radius 1 is 1.02 bits per heavy atom. The number of tetrazole rings is 1. The number of rotatable bonds is 18. The molecule has 0 aliphatic carbocycles. The normalized spacial score (nSPS) is 20.2. The van der Waals surface area contributed by atoms with Crippen LogP contribution in [0.2, 0.25) is 0 Å². The third kappa shape index (κ3) is 11.2. The maximum atomic E-state index is 14.5. The lowest BCUT2D eigenvalue weighted by molar-refractivity contribution is -0.146. The monoisotopic (exact) mass is 782 g/mol. The topological polar surface area (TPSA) is 174 Å². The molecule has 3 amide bonds. The Morgan fingerprint density at radius 3 is 2.29 bits per heavy atom. The van der Waals surface area contributed by atoms with Gasteiger partial charge in [-0.15, -0.1) is 5.10 Å². The largest absolute Gasteiger partial charge is 0.379 e. The lowest BCUT2D eigenvalue weighted by atomic mass is 9.89. The summed E-state index contributed by atoms with van der Waals surface area (Å²) in [6.45, 7) is 14.0. The molecule has 2 aromatic rings. The number of hydrogen-bond acceptors (Lipinski definition) is 10. The van der Waals surface area contributed by atoms with Gasteiger partial charge in [-0.1, -0.05) is 71.4 Å². The van der Waals surface area contributed by atoms with Gasteiger partial charge < -0.3 is 39.7 Å². The highest BCUT2D eigenvalue weighted by atomic mass is 16.5. The number of methoxy groups -OCH3 is 2. The van der Waals surface area contributed by atoms with Crippen molar-refractivity contribution in [3.8, 4) is 0 Å². The minimum absolute atomic E-state index is 0.0354. The van der Waals surface area contributed by atoms with E-state index in [0.717, 1.165) is 50.5 Å². The number of amides is 3. The van der Waals surface area contributed by atoms with Crippen LogP contribution in [0.3, 0.4) is 0 Å². The summed E-state index contributed by atoms with van der Waals surface area (Å²) in [4.78, 5) is 55.6. The van der Waals surface area contributed by atoms with Gasteiger partial charge in [0.25, 0.3) is 0 Å². The van der Waals surface area contributed by atoms with Crippen LogP contribution < -0.4 is 10.6 Å². The third-order valence-corrected chi connectivity index (χ3v) is 11.5. The Kier molecular flexibility index (Phi) is 17.0. The lowest BCUT2D eigenvalue weighted by Crippen LogP contribution is -2.55. The summed E-state index contributed by atoms with van der Waals surface area (Å²) in [5.41, 5.74) is 1.02. The van der Waals surface area contributed by atoms with E-state index in [4.69, 9.17) is 14.5 Å². The van der Waals surface area contributed by atoms with Gasteiger partial charge in [-0.25, -0.2) is 10.1 Å². The summed E-state index contributed by atoms with van der Waals surface area (Å²) >= 11 is 0. The molecule has 0 saturated carbocycles. The Labute approximate surface area is 333 Å². The minimum atomic E-state index is -0.613. The van der Waals surface area contributed by atoms with Crippen LogP contribution in [0.5, 0.6) is 0 Å². The number of benzene rings is 1. The molecule has 2 aliphatic heterocycles. The molecule has 16 heteroatoms. The number of carbonyl (C=O) groups is 3. The molecule has 1 aromatic heterocycles. The van der Waals surface area contributed by atoms with Crippen LogP contribution in [0.25, 0.3) is 0 Å². The number of guanidine groups is 1. The van der Waals surface area contributed by atoms with E-state index in [1.165, 1.54) is 0 Å². The number of likely N-dealkylation sites (N-methyl/N-ethyl adjacent to an activating group) is 1. The fraction of sp³-hybridized carbons (Fsp3) is 0.725. The number of nitrogens with zero attached hydrogens (tertiary/aromatic N) is 8. The number of ether oxygens (including phenoxy) is 2. The zero-order valence-corrected chi connectivity index (χ0v) is 35.3. The highest BCUT2D eigenvalue weighted by Crippen LogP contribution is 2.30. The van der Waals surface area contributed by atoms with E-state index in [2.05, 4.69) is 50.0 Å². The number of nitrogens with one attached hydrogen (secondary N) is 3. The van der Waals surface area contributed by atoms with Crippen molar-refractivity contribution in [3.63, 3.8) is 0 Å². The van der Waals surface area contributed by atoms with Gasteiger partial charge in [-0.05, 0) is 40.7 Å². The van der Waals surface area contributed by atoms with Crippen molar-refractivity contribution in [2.24, 2.45) is 22.7 Å². The van der Waals surface area contributed by atoms with Gasteiger partial charge >= 0.3 is 0 Å². The van der Waals surface area contributed by atoms with Crippen molar-refractivity contribution in [2.75, 3.05) is 68.1 Å². The predicted molar refractivity (Wildman–Crippen MR) is 216 cm³/mol. The van der Waals surface area contributed by atoms with Gasteiger partial charge in [0.1, 0.15) is 6.04 Å². The second-order valence-corrected chi connectivity index (χ2v) is 15.9. The smallest absolute Gasteiger partial charge is 0.247 e. The maximum Gasteiger partial charge on any atom is 0.247 e. The summed E-state index contributed by atoms with van der Waals surface area (Å²) in [6, 6.07) is 8.03. The van der Waals surface area contributed by atoms with Gasteiger partial charge in [0.2, 0.25) is 17.7 Å². The minimum Gasteiger partial charge on any atom is -0.379 e. The molecule has 312 valence electrons. The SMILES string of the molecule is CC[C@H](C)[C@@H]([C@@H](CC(=O)N1CCC[C@H]1[C@H](OC)[C@@H](C)C(=O)N[C@@H](Cc1ccccc1)c1nnn[nH]1)OC)N(C)C(=O)[C@@H](/N=C(/N(C)C)N1CCNCC1)C(C)C. The van der Waals surface area contributed by atoms with Crippen molar-refractivity contribution in [1.82, 2.24) is 50.9 Å². The molecule has 0 bridgehead atoms.